The summed E-state index contributed by atoms with van der Waals surface area (Å²) in [7, 11) is 0. The number of rotatable bonds is 6. The molecule has 1 aromatic rings. The number of anilines is 2. The molecule has 20 heavy (non-hydrogen) atoms. The lowest BCUT2D eigenvalue weighted by molar-refractivity contribution is 0.149. The van der Waals surface area contributed by atoms with Crippen LogP contribution >= 0.6 is 0 Å². The number of halogens is 1. The van der Waals surface area contributed by atoms with Crippen LogP contribution in [-0.4, -0.2) is 31.3 Å². The van der Waals surface area contributed by atoms with Crippen molar-refractivity contribution >= 4 is 11.4 Å². The van der Waals surface area contributed by atoms with Gasteiger partial charge in [0, 0.05) is 30.7 Å². The molecule has 1 aromatic carbocycles. The van der Waals surface area contributed by atoms with Gasteiger partial charge in [0.05, 0.1) is 12.3 Å². The minimum Gasteiger partial charge on any atom is -0.396 e. The van der Waals surface area contributed by atoms with Crippen molar-refractivity contribution in [3.8, 4) is 0 Å². The first-order chi connectivity index (χ1) is 9.58. The lowest BCUT2D eigenvalue weighted by Crippen LogP contribution is -2.29. The van der Waals surface area contributed by atoms with Crippen LogP contribution in [0.25, 0.3) is 0 Å². The van der Waals surface area contributed by atoms with Crippen molar-refractivity contribution in [1.82, 2.24) is 0 Å². The molecule has 112 valence electrons. The van der Waals surface area contributed by atoms with Gasteiger partial charge in [0.15, 0.2) is 0 Å². The number of aliphatic hydroxyl groups is 1. The number of nitrogens with one attached hydrogen (secondary N) is 1. The summed E-state index contributed by atoms with van der Waals surface area (Å²) in [4.78, 5) is 2.10. The van der Waals surface area contributed by atoms with E-state index in [4.69, 9.17) is 0 Å². The highest BCUT2D eigenvalue weighted by Gasteiger charge is 2.21. The van der Waals surface area contributed by atoms with Gasteiger partial charge in [0.2, 0.25) is 0 Å². The zero-order valence-corrected chi connectivity index (χ0v) is 12.5. The van der Waals surface area contributed by atoms with Crippen molar-refractivity contribution in [2.45, 2.75) is 33.1 Å². The Kier molecular flexibility index (Phi) is 4.86. The average molecular weight is 280 g/mol. The third-order valence-electron chi connectivity index (χ3n) is 4.35. The van der Waals surface area contributed by atoms with Crippen LogP contribution in [0.5, 0.6) is 0 Å². The highest BCUT2D eigenvalue weighted by Crippen LogP contribution is 2.27. The Labute approximate surface area is 120 Å². The number of nitrogens with zero attached hydrogens (tertiary/aromatic N) is 1. The van der Waals surface area contributed by atoms with Crippen molar-refractivity contribution in [1.29, 1.82) is 0 Å². The van der Waals surface area contributed by atoms with Gasteiger partial charge in [-0.3, -0.25) is 0 Å². The summed E-state index contributed by atoms with van der Waals surface area (Å²) in [5.74, 6) is -0.167. The molecule has 1 aliphatic rings. The topological polar surface area (TPSA) is 35.5 Å². The third-order valence-corrected chi connectivity index (χ3v) is 4.35. The largest absolute Gasteiger partial charge is 0.396 e. The molecule has 0 aromatic heterocycles. The summed E-state index contributed by atoms with van der Waals surface area (Å²) in [6, 6.07) is 5.33. The van der Waals surface area contributed by atoms with Gasteiger partial charge >= 0.3 is 0 Å². The molecule has 2 rings (SSSR count). The smallest absolute Gasteiger partial charge is 0.148 e. The summed E-state index contributed by atoms with van der Waals surface area (Å²) >= 11 is 0. The maximum absolute atomic E-state index is 14.2. The van der Waals surface area contributed by atoms with Gasteiger partial charge in [-0.1, -0.05) is 13.8 Å². The second-order valence-corrected chi connectivity index (χ2v) is 6.04. The zero-order valence-electron chi connectivity index (χ0n) is 12.5. The molecule has 0 radical (unpaired) electrons. The highest BCUT2D eigenvalue weighted by molar-refractivity contribution is 5.56. The Morgan fingerprint density at radius 3 is 2.60 bits per heavy atom. The summed E-state index contributed by atoms with van der Waals surface area (Å²) in [5.41, 5.74) is 1.32. The average Bonchev–Trinajstić information content (AvgIpc) is 2.99. The van der Waals surface area contributed by atoms with Crippen LogP contribution in [0.3, 0.4) is 0 Å². The van der Waals surface area contributed by atoms with E-state index in [2.05, 4.69) is 17.1 Å². The Hall–Kier alpha value is -1.29. The minimum absolute atomic E-state index is 0.130. The fourth-order valence-electron chi connectivity index (χ4n) is 2.44. The lowest BCUT2D eigenvalue weighted by atomic mass is 9.88. The van der Waals surface area contributed by atoms with Gasteiger partial charge in [-0.25, -0.2) is 4.39 Å². The van der Waals surface area contributed by atoms with Crippen LogP contribution in [0.15, 0.2) is 18.2 Å². The van der Waals surface area contributed by atoms with Crippen LogP contribution in [0.2, 0.25) is 0 Å². The summed E-state index contributed by atoms with van der Waals surface area (Å²) in [6.07, 6.45) is 3.17. The molecule has 1 unspecified atom stereocenters. The molecule has 0 bridgehead atoms. The molecule has 0 saturated carbocycles. The highest BCUT2D eigenvalue weighted by atomic mass is 19.1. The molecule has 0 aliphatic carbocycles. The molecule has 1 heterocycles. The van der Waals surface area contributed by atoms with Crippen molar-refractivity contribution in [3.05, 3.63) is 24.0 Å². The SMILES string of the molecule is CCC(C)(CO)CNc1ccc(N2CCCC2)c(F)c1. The van der Waals surface area contributed by atoms with Crippen LogP contribution in [-0.2, 0) is 0 Å². The minimum atomic E-state index is -0.167. The first kappa shape index (κ1) is 15.1. The van der Waals surface area contributed by atoms with Crippen molar-refractivity contribution in [3.63, 3.8) is 0 Å². The van der Waals surface area contributed by atoms with E-state index in [-0.39, 0.29) is 17.8 Å². The van der Waals surface area contributed by atoms with E-state index in [1.165, 1.54) is 0 Å². The van der Waals surface area contributed by atoms with Gasteiger partial charge in [-0.2, -0.15) is 0 Å². The standard InChI is InChI=1S/C16H25FN2O/c1-3-16(2,12-20)11-18-13-6-7-15(14(17)10-13)19-8-4-5-9-19/h6-7,10,18,20H,3-5,8-9,11-12H2,1-2H3. The van der Waals surface area contributed by atoms with E-state index in [1.807, 2.05) is 19.1 Å². The van der Waals surface area contributed by atoms with E-state index in [1.54, 1.807) is 6.07 Å². The van der Waals surface area contributed by atoms with E-state index in [0.717, 1.165) is 38.0 Å². The first-order valence-electron chi connectivity index (χ1n) is 7.47. The molecule has 0 amide bonds. The quantitative estimate of drug-likeness (QED) is 0.839. The van der Waals surface area contributed by atoms with Gasteiger partial charge in [0.25, 0.3) is 0 Å². The normalized spacial score (nSPS) is 18.1. The van der Waals surface area contributed by atoms with Crippen LogP contribution < -0.4 is 10.2 Å². The van der Waals surface area contributed by atoms with E-state index < -0.39 is 0 Å². The third kappa shape index (κ3) is 3.42. The van der Waals surface area contributed by atoms with Gasteiger partial charge in [-0.05, 0) is 37.5 Å². The molecule has 3 nitrogen and oxygen atoms in total. The fourth-order valence-corrected chi connectivity index (χ4v) is 2.44. The van der Waals surface area contributed by atoms with Gasteiger partial charge < -0.3 is 15.3 Å². The summed E-state index contributed by atoms with van der Waals surface area (Å²) < 4.78 is 14.2. The maximum Gasteiger partial charge on any atom is 0.148 e. The molecule has 1 fully saturated rings. The molecular formula is C16H25FN2O. The van der Waals surface area contributed by atoms with Crippen molar-refractivity contribution in [2.75, 3.05) is 36.5 Å². The van der Waals surface area contributed by atoms with Gasteiger partial charge in [-0.15, -0.1) is 0 Å². The fraction of sp³-hybridized carbons (Fsp3) is 0.625. The van der Waals surface area contributed by atoms with Crippen molar-refractivity contribution in [2.24, 2.45) is 5.41 Å². The van der Waals surface area contributed by atoms with Crippen LogP contribution in [0.1, 0.15) is 33.1 Å². The maximum atomic E-state index is 14.2. The summed E-state index contributed by atoms with van der Waals surface area (Å²) in [6.45, 7) is 6.74. The molecular weight excluding hydrogens is 255 g/mol. The van der Waals surface area contributed by atoms with E-state index in [0.29, 0.717) is 12.2 Å². The molecule has 1 atom stereocenters. The van der Waals surface area contributed by atoms with E-state index in [9.17, 15) is 9.50 Å². The van der Waals surface area contributed by atoms with Gasteiger partial charge in [0.1, 0.15) is 5.82 Å². The second-order valence-electron chi connectivity index (χ2n) is 6.04. The number of hydrogen-bond acceptors (Lipinski definition) is 3. The van der Waals surface area contributed by atoms with Crippen LogP contribution in [0, 0.1) is 11.2 Å². The number of hydrogen-bond donors (Lipinski definition) is 2. The molecule has 0 spiro atoms. The molecule has 1 saturated heterocycles. The van der Waals surface area contributed by atoms with E-state index >= 15 is 0 Å². The lowest BCUT2D eigenvalue weighted by Gasteiger charge is -2.26. The second kappa shape index (κ2) is 6.44. The zero-order chi connectivity index (χ0) is 14.6. The van der Waals surface area contributed by atoms with Crippen molar-refractivity contribution < 1.29 is 9.50 Å². The predicted molar refractivity (Wildman–Crippen MR) is 81.8 cm³/mol. The Bertz CT molecular complexity index is 440. The molecule has 2 N–H and O–H groups in total. The Morgan fingerprint density at radius 1 is 1.35 bits per heavy atom. The van der Waals surface area contributed by atoms with Crippen LogP contribution in [0.4, 0.5) is 15.8 Å². The molecule has 4 heteroatoms. The monoisotopic (exact) mass is 280 g/mol. The molecule has 1 aliphatic heterocycles. The summed E-state index contributed by atoms with van der Waals surface area (Å²) in [5, 5.41) is 12.6. The number of benzene rings is 1. The predicted octanol–water partition coefficient (Wildman–Crippen LogP) is 3.25. The Morgan fingerprint density at radius 2 is 2.05 bits per heavy atom. The Balaban J connectivity index is 2.02. The first-order valence-corrected chi connectivity index (χ1v) is 7.47. The number of aliphatic hydroxyl groups excluding tert-OH is 1.